The lowest BCUT2D eigenvalue weighted by Crippen LogP contribution is -1.99. The van der Waals surface area contributed by atoms with Crippen LogP contribution in [0.3, 0.4) is 0 Å². The fraction of sp³-hybridized carbons (Fsp3) is 0.133. The smallest absolute Gasteiger partial charge is 0.246 e. The summed E-state index contributed by atoms with van der Waals surface area (Å²) in [5, 5.41) is 16.9. The molecular weight excluding hydrogens is 282 g/mol. The Kier molecular flexibility index (Phi) is 3.61. The fourth-order valence-corrected chi connectivity index (χ4v) is 1.98. The first-order chi connectivity index (χ1) is 10.7. The first-order valence-electron chi connectivity index (χ1n) is 6.64. The predicted octanol–water partition coefficient (Wildman–Crippen LogP) is 2.43. The molecule has 0 aliphatic carbocycles. The molecule has 0 bridgehead atoms. The van der Waals surface area contributed by atoms with Gasteiger partial charge in [-0.3, -0.25) is 0 Å². The van der Waals surface area contributed by atoms with Crippen molar-refractivity contribution >= 4 is 11.6 Å². The molecule has 0 fully saturated rings. The molecule has 0 aliphatic rings. The standard InChI is InChI=1S/C15H15N5O2/c1-10-3-4-12(22-2)8-13(10)18-15-17-9-20(19-15)11-5-6-16-14(21)7-11/h3-9H,1-2H3,(H,16,21)(H,18,19). The summed E-state index contributed by atoms with van der Waals surface area (Å²) in [7, 11) is 1.62. The molecule has 0 spiro atoms. The highest BCUT2D eigenvalue weighted by molar-refractivity contribution is 5.60. The number of rotatable bonds is 4. The minimum atomic E-state index is -0.0638. The van der Waals surface area contributed by atoms with E-state index in [2.05, 4.69) is 20.4 Å². The van der Waals surface area contributed by atoms with E-state index in [-0.39, 0.29) is 5.88 Å². The molecule has 2 heterocycles. The lowest BCUT2D eigenvalue weighted by atomic mass is 10.2. The van der Waals surface area contributed by atoms with Crippen molar-refractivity contribution in [2.24, 2.45) is 0 Å². The van der Waals surface area contributed by atoms with Crippen LogP contribution in [0.2, 0.25) is 0 Å². The minimum Gasteiger partial charge on any atom is -0.497 e. The van der Waals surface area contributed by atoms with Gasteiger partial charge in [-0.05, 0) is 24.6 Å². The van der Waals surface area contributed by atoms with Crippen molar-refractivity contribution < 1.29 is 9.84 Å². The SMILES string of the molecule is COc1ccc(C)c(Nc2ncn(-c3ccnc(O)c3)n2)c1. The van der Waals surface area contributed by atoms with E-state index in [4.69, 9.17) is 4.74 Å². The maximum Gasteiger partial charge on any atom is 0.246 e. The van der Waals surface area contributed by atoms with Crippen molar-refractivity contribution in [2.75, 3.05) is 12.4 Å². The van der Waals surface area contributed by atoms with Gasteiger partial charge in [-0.2, -0.15) is 4.98 Å². The van der Waals surface area contributed by atoms with Crippen LogP contribution in [0.5, 0.6) is 11.6 Å². The molecule has 22 heavy (non-hydrogen) atoms. The van der Waals surface area contributed by atoms with Gasteiger partial charge in [-0.15, -0.1) is 5.10 Å². The van der Waals surface area contributed by atoms with E-state index < -0.39 is 0 Å². The number of aromatic hydroxyl groups is 1. The van der Waals surface area contributed by atoms with Crippen LogP contribution >= 0.6 is 0 Å². The zero-order valence-electron chi connectivity index (χ0n) is 12.2. The molecule has 1 aromatic carbocycles. The normalized spacial score (nSPS) is 10.5. The Morgan fingerprint density at radius 3 is 2.82 bits per heavy atom. The highest BCUT2D eigenvalue weighted by Crippen LogP contribution is 2.24. The summed E-state index contributed by atoms with van der Waals surface area (Å²) >= 11 is 0. The van der Waals surface area contributed by atoms with Gasteiger partial charge in [0.25, 0.3) is 0 Å². The van der Waals surface area contributed by atoms with Crippen LogP contribution in [0, 0.1) is 6.92 Å². The molecule has 112 valence electrons. The monoisotopic (exact) mass is 297 g/mol. The van der Waals surface area contributed by atoms with Crippen LogP contribution in [-0.2, 0) is 0 Å². The summed E-state index contributed by atoms with van der Waals surface area (Å²) < 4.78 is 6.77. The fourth-order valence-electron chi connectivity index (χ4n) is 1.98. The number of hydrogen-bond acceptors (Lipinski definition) is 6. The van der Waals surface area contributed by atoms with Crippen LogP contribution in [-0.4, -0.2) is 32.0 Å². The van der Waals surface area contributed by atoms with Gasteiger partial charge in [0.2, 0.25) is 11.8 Å². The Morgan fingerprint density at radius 1 is 1.18 bits per heavy atom. The number of anilines is 2. The molecule has 3 rings (SSSR count). The van der Waals surface area contributed by atoms with Gasteiger partial charge in [0, 0.05) is 24.0 Å². The van der Waals surface area contributed by atoms with E-state index in [9.17, 15) is 5.11 Å². The van der Waals surface area contributed by atoms with Crippen molar-refractivity contribution in [3.05, 3.63) is 48.4 Å². The largest absolute Gasteiger partial charge is 0.497 e. The third-order valence-electron chi connectivity index (χ3n) is 3.18. The number of pyridine rings is 1. The first kappa shape index (κ1) is 13.9. The second kappa shape index (κ2) is 5.72. The zero-order valence-corrected chi connectivity index (χ0v) is 12.2. The van der Waals surface area contributed by atoms with Crippen LogP contribution in [0.4, 0.5) is 11.6 Å². The first-order valence-corrected chi connectivity index (χ1v) is 6.64. The second-order valence-electron chi connectivity index (χ2n) is 4.69. The van der Waals surface area contributed by atoms with Gasteiger partial charge in [0.15, 0.2) is 0 Å². The van der Waals surface area contributed by atoms with Crippen molar-refractivity contribution in [2.45, 2.75) is 6.92 Å². The van der Waals surface area contributed by atoms with E-state index >= 15 is 0 Å². The Morgan fingerprint density at radius 2 is 2.05 bits per heavy atom. The van der Waals surface area contributed by atoms with E-state index in [0.29, 0.717) is 11.6 Å². The molecular formula is C15H15N5O2. The quantitative estimate of drug-likeness (QED) is 0.769. The molecule has 0 saturated heterocycles. The Balaban J connectivity index is 1.86. The molecule has 0 radical (unpaired) electrons. The van der Waals surface area contributed by atoms with Gasteiger partial charge < -0.3 is 15.2 Å². The number of nitrogens with zero attached hydrogens (tertiary/aromatic N) is 4. The minimum absolute atomic E-state index is 0.0638. The number of ether oxygens (including phenoxy) is 1. The van der Waals surface area contributed by atoms with Crippen LogP contribution in [0.15, 0.2) is 42.9 Å². The number of hydrogen-bond donors (Lipinski definition) is 2. The van der Waals surface area contributed by atoms with Gasteiger partial charge >= 0.3 is 0 Å². The Bertz CT molecular complexity index is 800. The molecule has 0 aliphatic heterocycles. The molecule has 0 amide bonds. The van der Waals surface area contributed by atoms with Crippen LogP contribution in [0.1, 0.15) is 5.56 Å². The number of aryl methyl sites for hydroxylation is 1. The van der Waals surface area contributed by atoms with Crippen molar-refractivity contribution in [3.63, 3.8) is 0 Å². The average molecular weight is 297 g/mol. The van der Waals surface area contributed by atoms with E-state index in [1.54, 1.807) is 24.2 Å². The Labute approximate surface area is 127 Å². The lowest BCUT2D eigenvalue weighted by molar-refractivity contribution is 0.415. The number of aromatic nitrogens is 4. The summed E-state index contributed by atoms with van der Waals surface area (Å²) in [5.41, 5.74) is 2.60. The number of methoxy groups -OCH3 is 1. The summed E-state index contributed by atoms with van der Waals surface area (Å²) in [6.45, 7) is 1.99. The highest BCUT2D eigenvalue weighted by Gasteiger charge is 2.07. The maximum absolute atomic E-state index is 9.41. The molecule has 0 saturated carbocycles. The number of nitrogens with one attached hydrogen (secondary N) is 1. The summed E-state index contributed by atoms with van der Waals surface area (Å²) in [6, 6.07) is 8.98. The highest BCUT2D eigenvalue weighted by atomic mass is 16.5. The molecule has 2 aromatic heterocycles. The van der Waals surface area contributed by atoms with Gasteiger partial charge in [0.1, 0.15) is 12.1 Å². The third kappa shape index (κ3) is 2.83. The summed E-state index contributed by atoms with van der Waals surface area (Å²) in [5.74, 6) is 1.14. The van der Waals surface area contributed by atoms with Crippen LogP contribution < -0.4 is 10.1 Å². The van der Waals surface area contributed by atoms with Crippen molar-refractivity contribution in [3.8, 4) is 17.3 Å². The van der Waals surface area contributed by atoms with E-state index in [0.717, 1.165) is 17.0 Å². The molecule has 0 unspecified atom stereocenters. The van der Waals surface area contributed by atoms with Crippen LogP contribution in [0.25, 0.3) is 5.69 Å². The van der Waals surface area contributed by atoms with Gasteiger partial charge in [0.05, 0.1) is 12.8 Å². The molecule has 3 aromatic rings. The topological polar surface area (TPSA) is 85.1 Å². The lowest BCUT2D eigenvalue weighted by Gasteiger charge is -2.08. The number of benzene rings is 1. The third-order valence-corrected chi connectivity index (χ3v) is 3.18. The van der Waals surface area contributed by atoms with E-state index in [1.165, 1.54) is 12.3 Å². The van der Waals surface area contributed by atoms with Gasteiger partial charge in [-0.1, -0.05) is 6.07 Å². The van der Waals surface area contributed by atoms with E-state index in [1.807, 2.05) is 25.1 Å². The molecule has 0 atom stereocenters. The van der Waals surface area contributed by atoms with Crippen molar-refractivity contribution in [1.29, 1.82) is 0 Å². The summed E-state index contributed by atoms with van der Waals surface area (Å²) in [6.07, 6.45) is 3.07. The molecule has 7 nitrogen and oxygen atoms in total. The molecule has 2 N–H and O–H groups in total. The predicted molar refractivity (Wildman–Crippen MR) is 81.8 cm³/mol. The summed E-state index contributed by atoms with van der Waals surface area (Å²) in [4.78, 5) is 7.95. The Hall–Kier alpha value is -3.09. The van der Waals surface area contributed by atoms with Crippen molar-refractivity contribution in [1.82, 2.24) is 19.7 Å². The second-order valence-corrected chi connectivity index (χ2v) is 4.69. The van der Waals surface area contributed by atoms with Gasteiger partial charge in [-0.25, -0.2) is 9.67 Å². The average Bonchev–Trinajstić information content (AvgIpc) is 2.98. The molecule has 7 heteroatoms. The maximum atomic E-state index is 9.41. The zero-order chi connectivity index (χ0) is 15.5.